The van der Waals surface area contributed by atoms with E-state index in [0.29, 0.717) is 64.2 Å². The molecule has 3 aliphatic rings. The van der Waals surface area contributed by atoms with Gasteiger partial charge in [0.1, 0.15) is 34.5 Å². The molecule has 0 unspecified atom stereocenters. The Morgan fingerprint density at radius 1 is 1.06 bits per heavy atom. The Morgan fingerprint density at radius 3 is 2.59 bits per heavy atom. The lowest BCUT2D eigenvalue weighted by Gasteiger charge is -2.27. The first-order valence-electron chi connectivity index (χ1n) is 16.6. The fourth-order valence-electron chi connectivity index (χ4n) is 7.28. The minimum Gasteiger partial charge on any atom is -0.355 e. The molecule has 1 spiro atoms. The highest BCUT2D eigenvalue weighted by Crippen LogP contribution is 2.59. The predicted molar refractivity (Wildman–Crippen MR) is 184 cm³/mol. The van der Waals surface area contributed by atoms with Crippen LogP contribution in [0.1, 0.15) is 74.8 Å². The van der Waals surface area contributed by atoms with Crippen molar-refractivity contribution in [3.05, 3.63) is 58.5 Å². The maximum atomic E-state index is 14.3. The number of hydrogen-bond acceptors (Lipinski definition) is 9. The second-order valence-corrected chi connectivity index (χ2v) is 15.0. The van der Waals surface area contributed by atoms with E-state index in [4.69, 9.17) is 0 Å². The van der Waals surface area contributed by atoms with Crippen molar-refractivity contribution < 1.29 is 19.2 Å². The summed E-state index contributed by atoms with van der Waals surface area (Å²) < 4.78 is 2.08. The molecule has 1 saturated carbocycles. The van der Waals surface area contributed by atoms with Crippen molar-refractivity contribution in [3.63, 3.8) is 0 Å². The molecule has 2 N–H and O–H groups in total. The lowest BCUT2D eigenvalue weighted by molar-refractivity contribution is -0.138. The first-order chi connectivity index (χ1) is 23.3. The van der Waals surface area contributed by atoms with Crippen molar-refractivity contribution >= 4 is 56.2 Å². The summed E-state index contributed by atoms with van der Waals surface area (Å²) >= 11 is 3.44. The van der Waals surface area contributed by atoms with Crippen LogP contribution in [0.25, 0.3) is 22.2 Å². The molecule has 14 heteroatoms. The van der Waals surface area contributed by atoms with E-state index in [0.717, 1.165) is 24.8 Å². The number of nitrogens with zero attached hydrogens (tertiary/aromatic N) is 7. The highest BCUT2D eigenvalue weighted by atomic mass is 79.9. The van der Waals surface area contributed by atoms with Gasteiger partial charge in [0.05, 0.1) is 17.4 Å². The lowest BCUT2D eigenvalue weighted by Crippen LogP contribution is -2.47. The largest absolute Gasteiger partial charge is 0.355 e. The average molecular weight is 729 g/mol. The minimum atomic E-state index is -0.782. The summed E-state index contributed by atoms with van der Waals surface area (Å²) in [6.07, 6.45) is 9.10. The van der Waals surface area contributed by atoms with Gasteiger partial charge in [-0.2, -0.15) is 5.10 Å². The van der Waals surface area contributed by atoms with Crippen molar-refractivity contribution in [3.8, 4) is 11.3 Å². The van der Waals surface area contributed by atoms with Gasteiger partial charge in [0.15, 0.2) is 5.78 Å². The van der Waals surface area contributed by atoms with E-state index in [1.54, 1.807) is 36.5 Å². The maximum Gasteiger partial charge on any atom is 0.248 e. The van der Waals surface area contributed by atoms with Crippen LogP contribution >= 0.6 is 15.9 Å². The molecular weight excluding hydrogens is 690 g/mol. The van der Waals surface area contributed by atoms with E-state index in [-0.39, 0.29) is 41.8 Å². The van der Waals surface area contributed by atoms with Gasteiger partial charge in [-0.1, -0.05) is 26.3 Å². The smallest absolute Gasteiger partial charge is 0.248 e. The molecule has 0 radical (unpaired) electrons. The zero-order valence-corrected chi connectivity index (χ0v) is 29.5. The van der Waals surface area contributed by atoms with Gasteiger partial charge in [0.25, 0.3) is 0 Å². The van der Waals surface area contributed by atoms with Gasteiger partial charge in [-0.3, -0.25) is 28.8 Å². The Hall–Kier alpha value is -4.59. The Kier molecular flexibility index (Phi) is 8.32. The second kappa shape index (κ2) is 12.4. The van der Waals surface area contributed by atoms with Crippen LogP contribution in [-0.4, -0.2) is 76.7 Å². The van der Waals surface area contributed by atoms with Crippen molar-refractivity contribution in [2.75, 3.05) is 11.9 Å². The van der Waals surface area contributed by atoms with Gasteiger partial charge in [0, 0.05) is 53.7 Å². The quantitative estimate of drug-likeness (QED) is 0.229. The summed E-state index contributed by atoms with van der Waals surface area (Å²) in [5, 5.41) is 11.3. The molecule has 254 valence electrons. The van der Waals surface area contributed by atoms with Crippen molar-refractivity contribution in [2.24, 2.45) is 10.8 Å². The number of aryl methyl sites for hydroxylation is 2. The third-order valence-corrected chi connectivity index (χ3v) is 10.7. The summed E-state index contributed by atoms with van der Waals surface area (Å²) in [5.74, 6) is 0.183. The molecule has 4 aromatic heterocycles. The summed E-state index contributed by atoms with van der Waals surface area (Å²) in [7, 11) is 0. The summed E-state index contributed by atoms with van der Waals surface area (Å²) in [6, 6.07) is 4.54. The highest BCUT2D eigenvalue weighted by Gasteiger charge is 2.67. The number of carbonyl (C=O) groups is 4. The van der Waals surface area contributed by atoms with E-state index in [1.807, 2.05) is 26.0 Å². The van der Waals surface area contributed by atoms with Crippen LogP contribution in [0.4, 0.5) is 5.82 Å². The normalized spacial score (nSPS) is 23.5. The van der Waals surface area contributed by atoms with Crippen LogP contribution < -0.4 is 10.6 Å². The SMILES string of the molecule is CC(=O)c1nn(CC(=O)N2[C@H]3C[C@@]4(CNC(=O)C(C)(C)CCCCc5ccc(Br)nc5NC3=O)C[C@@H]24)c2cnc(-c3cnc(C)nc3)cc12. The molecule has 49 heavy (non-hydrogen) atoms. The zero-order chi connectivity index (χ0) is 34.7. The Labute approximate surface area is 291 Å². The van der Waals surface area contributed by atoms with Gasteiger partial charge in [0.2, 0.25) is 17.7 Å². The number of anilines is 1. The van der Waals surface area contributed by atoms with Crippen LogP contribution in [0, 0.1) is 17.8 Å². The molecule has 6 heterocycles. The first-order valence-corrected chi connectivity index (χ1v) is 17.4. The van der Waals surface area contributed by atoms with E-state index >= 15 is 0 Å². The number of aromatic nitrogens is 6. The monoisotopic (exact) mass is 727 g/mol. The molecule has 1 aliphatic carbocycles. The third-order valence-electron chi connectivity index (χ3n) is 10.2. The molecule has 0 aromatic carbocycles. The number of pyridine rings is 2. The van der Waals surface area contributed by atoms with Gasteiger partial charge in [-0.05, 0) is 72.7 Å². The van der Waals surface area contributed by atoms with E-state index in [1.165, 1.54) is 11.6 Å². The Morgan fingerprint density at radius 2 is 1.84 bits per heavy atom. The number of fused-ring (bicyclic) bond motifs is 3. The standard InChI is InChI=1S/C35H38BrN9O4/c1-19(46)30-23-11-24(22-14-37-20(2)38-15-22)39-16-26(23)44(43-30)17-29(47)45-25-12-35(13-27(35)45)18-40-33(49)34(3,4)10-6-5-7-21-8-9-28(36)41-31(21)42-32(25)48/h8-9,11,14-16,25,27H,5-7,10,12-13,17-18H2,1-4H3,(H,40,49)(H,41,42,48)/t25-,27+,35-/m0/s1. The van der Waals surface area contributed by atoms with Gasteiger partial charge in [-0.15, -0.1) is 0 Å². The highest BCUT2D eigenvalue weighted by molar-refractivity contribution is 9.10. The molecule has 3 amide bonds. The van der Waals surface area contributed by atoms with E-state index < -0.39 is 16.9 Å². The number of rotatable bonds is 4. The van der Waals surface area contributed by atoms with Crippen LogP contribution in [0.5, 0.6) is 0 Å². The fraction of sp³-hybridized carbons (Fsp3) is 0.457. The summed E-state index contributed by atoms with van der Waals surface area (Å²) in [6.45, 7) is 7.33. The predicted octanol–water partition coefficient (Wildman–Crippen LogP) is 4.42. The van der Waals surface area contributed by atoms with Crippen LogP contribution in [0.15, 0.2) is 41.4 Å². The molecule has 3 atom stereocenters. The molecule has 4 aromatic rings. The number of likely N-dealkylation sites (tertiary alicyclic amines) is 1. The molecular formula is C35H38BrN9O4. The molecule has 2 fully saturated rings. The number of Topliss-reactive ketones (excluding diaryl/α,β-unsaturated/α-hetero) is 1. The molecule has 1 saturated heterocycles. The number of piperidine rings is 1. The molecule has 2 aliphatic heterocycles. The Balaban J connectivity index is 1.21. The lowest BCUT2D eigenvalue weighted by atomic mass is 9.85. The third kappa shape index (κ3) is 6.22. The zero-order valence-electron chi connectivity index (χ0n) is 27.9. The van der Waals surface area contributed by atoms with E-state index in [2.05, 4.69) is 51.6 Å². The van der Waals surface area contributed by atoms with Crippen molar-refractivity contribution in [2.45, 2.75) is 84.8 Å². The number of halogens is 1. The second-order valence-electron chi connectivity index (χ2n) is 14.2. The van der Waals surface area contributed by atoms with Gasteiger partial charge >= 0.3 is 0 Å². The van der Waals surface area contributed by atoms with Crippen molar-refractivity contribution in [1.82, 2.24) is 39.9 Å². The topological polar surface area (TPSA) is 165 Å². The maximum absolute atomic E-state index is 14.3. The number of carbonyl (C=O) groups excluding carboxylic acids is 4. The van der Waals surface area contributed by atoms with Crippen LogP contribution in [-0.2, 0) is 27.3 Å². The number of hydrogen-bond donors (Lipinski definition) is 2. The fourth-order valence-corrected chi connectivity index (χ4v) is 7.59. The molecule has 2 bridgehead atoms. The summed E-state index contributed by atoms with van der Waals surface area (Å²) in [5.41, 5.74) is 1.92. The van der Waals surface area contributed by atoms with Gasteiger partial charge < -0.3 is 15.5 Å². The number of ketones is 1. The number of nitrogens with one attached hydrogen (secondary N) is 2. The minimum absolute atomic E-state index is 0.0250. The van der Waals surface area contributed by atoms with Gasteiger partial charge in [-0.25, -0.2) is 15.0 Å². The summed E-state index contributed by atoms with van der Waals surface area (Å²) in [4.78, 5) is 73.7. The van der Waals surface area contributed by atoms with Crippen LogP contribution in [0.2, 0.25) is 0 Å². The Bertz CT molecular complexity index is 2010. The molecule has 13 nitrogen and oxygen atoms in total. The van der Waals surface area contributed by atoms with Crippen LogP contribution in [0.3, 0.4) is 0 Å². The number of amides is 3. The van der Waals surface area contributed by atoms with Crippen molar-refractivity contribution in [1.29, 1.82) is 0 Å². The van der Waals surface area contributed by atoms with E-state index in [9.17, 15) is 19.2 Å². The average Bonchev–Trinajstić information content (AvgIpc) is 3.48. The first kappa shape index (κ1) is 32.9. The molecule has 7 rings (SSSR count).